The number of aromatic amines is 1. The lowest BCUT2D eigenvalue weighted by Crippen LogP contribution is -2.46. The van der Waals surface area contributed by atoms with Crippen LogP contribution >= 0.6 is 0 Å². The van der Waals surface area contributed by atoms with E-state index < -0.39 is 17.4 Å². The number of aryl methyl sites for hydroxylation is 1. The number of nitrogens with zero attached hydrogens (tertiary/aromatic N) is 4. The van der Waals surface area contributed by atoms with Gasteiger partial charge in [0.1, 0.15) is 23.0 Å². The summed E-state index contributed by atoms with van der Waals surface area (Å²) < 4.78 is 6.04. The minimum atomic E-state index is -0.985. The van der Waals surface area contributed by atoms with Crippen LogP contribution in [-0.2, 0) is 15.0 Å². The summed E-state index contributed by atoms with van der Waals surface area (Å²) in [5, 5.41) is 20.5. The third-order valence-corrected chi connectivity index (χ3v) is 6.29. The second kappa shape index (κ2) is 7.58. The minimum absolute atomic E-state index is 0.201. The first-order valence-electron chi connectivity index (χ1n) is 10.7. The molecule has 33 heavy (non-hydrogen) atoms. The summed E-state index contributed by atoms with van der Waals surface area (Å²) in [7, 11) is 0. The van der Waals surface area contributed by atoms with E-state index in [1.807, 2.05) is 24.3 Å². The number of aliphatic carboxylic acids is 1. The lowest BCUT2D eigenvalue weighted by molar-refractivity contribution is -0.138. The van der Waals surface area contributed by atoms with Crippen LogP contribution in [-0.4, -0.2) is 55.8 Å². The number of furan rings is 1. The number of para-hydroxylation sites is 1. The van der Waals surface area contributed by atoms with Crippen LogP contribution in [0.1, 0.15) is 31.7 Å². The number of carbonyl (C=O) groups excluding carboxylic acids is 1. The van der Waals surface area contributed by atoms with Gasteiger partial charge in [-0.15, -0.1) is 0 Å². The van der Waals surface area contributed by atoms with Crippen molar-refractivity contribution in [3.8, 4) is 0 Å². The lowest BCUT2D eigenvalue weighted by Gasteiger charge is -2.25. The van der Waals surface area contributed by atoms with Gasteiger partial charge in [0.25, 0.3) is 0 Å². The zero-order valence-corrected chi connectivity index (χ0v) is 18.5. The molecule has 0 radical (unpaired) electrons. The largest absolute Gasteiger partial charge is 0.480 e. The Hall–Kier alpha value is -3.95. The molecular weight excluding hydrogens is 424 g/mol. The Morgan fingerprint density at radius 2 is 2.06 bits per heavy atom. The highest BCUT2D eigenvalue weighted by atomic mass is 16.4. The summed E-state index contributed by atoms with van der Waals surface area (Å²) in [6, 6.07) is 6.29. The monoisotopic (exact) mass is 448 g/mol. The Balaban J connectivity index is 1.49. The standard InChI is InChI=1S/C23H24N6O4/c1-12-26-18-15-6-4-5-7-17(15)33-19(18)20(27-12)29-11-14(8-16(29)21(30)31)28-22(32)23(2,3)13-9-24-25-10-13/h4-7,9-10,14,16H,8,11H2,1-3H3,(H,24,25)(H,28,32)(H,30,31). The molecule has 2 unspecified atom stereocenters. The molecule has 1 aromatic carbocycles. The second-order valence-electron chi connectivity index (χ2n) is 8.89. The topological polar surface area (TPSA) is 137 Å². The molecule has 3 N–H and O–H groups in total. The van der Waals surface area contributed by atoms with Crippen molar-refractivity contribution in [3.05, 3.63) is 48.0 Å². The van der Waals surface area contributed by atoms with Gasteiger partial charge in [-0.2, -0.15) is 5.10 Å². The number of aromatic nitrogens is 4. The van der Waals surface area contributed by atoms with Gasteiger partial charge >= 0.3 is 5.97 Å². The molecule has 10 nitrogen and oxygen atoms in total. The molecule has 10 heteroatoms. The number of nitrogens with one attached hydrogen (secondary N) is 2. The highest BCUT2D eigenvalue weighted by Crippen LogP contribution is 2.36. The molecule has 4 aromatic rings. The van der Waals surface area contributed by atoms with Crippen LogP contribution in [0.25, 0.3) is 22.1 Å². The van der Waals surface area contributed by atoms with Crippen molar-refractivity contribution in [2.24, 2.45) is 0 Å². The maximum atomic E-state index is 13.1. The van der Waals surface area contributed by atoms with Gasteiger partial charge in [0, 0.05) is 36.2 Å². The number of rotatable bonds is 5. The van der Waals surface area contributed by atoms with Gasteiger partial charge in [-0.1, -0.05) is 12.1 Å². The fourth-order valence-corrected chi connectivity index (χ4v) is 4.38. The van der Waals surface area contributed by atoms with E-state index in [0.29, 0.717) is 28.3 Å². The first-order valence-corrected chi connectivity index (χ1v) is 10.7. The number of anilines is 1. The molecule has 1 fully saturated rings. The van der Waals surface area contributed by atoms with Crippen LogP contribution in [0, 0.1) is 6.92 Å². The van der Waals surface area contributed by atoms with E-state index in [1.165, 1.54) is 0 Å². The van der Waals surface area contributed by atoms with Gasteiger partial charge in [0.2, 0.25) is 5.91 Å². The van der Waals surface area contributed by atoms with Crippen molar-refractivity contribution >= 4 is 39.8 Å². The molecule has 0 bridgehead atoms. The molecular formula is C23H24N6O4. The molecule has 0 aliphatic carbocycles. The van der Waals surface area contributed by atoms with Crippen LogP contribution in [0.5, 0.6) is 0 Å². The average molecular weight is 448 g/mol. The minimum Gasteiger partial charge on any atom is -0.480 e. The molecule has 170 valence electrons. The smallest absolute Gasteiger partial charge is 0.326 e. The van der Waals surface area contributed by atoms with Crippen LogP contribution < -0.4 is 10.2 Å². The Kier molecular flexibility index (Phi) is 4.80. The van der Waals surface area contributed by atoms with Crippen molar-refractivity contribution < 1.29 is 19.1 Å². The van der Waals surface area contributed by atoms with Crippen molar-refractivity contribution in [2.45, 2.75) is 44.7 Å². The van der Waals surface area contributed by atoms with Crippen molar-refractivity contribution in [1.82, 2.24) is 25.5 Å². The Labute approximate surface area is 189 Å². The molecule has 2 atom stereocenters. The Morgan fingerprint density at radius 3 is 2.79 bits per heavy atom. The van der Waals surface area contributed by atoms with Crippen molar-refractivity contribution in [2.75, 3.05) is 11.4 Å². The summed E-state index contributed by atoms with van der Waals surface area (Å²) in [6.45, 7) is 5.66. The molecule has 3 aromatic heterocycles. The normalized spacial score (nSPS) is 18.8. The van der Waals surface area contributed by atoms with Gasteiger partial charge in [-0.05, 0) is 32.9 Å². The third-order valence-electron chi connectivity index (χ3n) is 6.29. The number of H-pyrrole nitrogens is 1. The Bertz CT molecular complexity index is 1360. The van der Waals surface area contributed by atoms with Crippen LogP contribution in [0.4, 0.5) is 5.82 Å². The summed E-state index contributed by atoms with van der Waals surface area (Å²) in [6.07, 6.45) is 3.54. The molecule has 5 rings (SSSR count). The van der Waals surface area contributed by atoms with E-state index in [2.05, 4.69) is 25.5 Å². The van der Waals surface area contributed by atoms with E-state index in [0.717, 1.165) is 10.9 Å². The second-order valence-corrected chi connectivity index (χ2v) is 8.89. The molecule has 1 aliphatic heterocycles. The Morgan fingerprint density at radius 1 is 1.27 bits per heavy atom. The van der Waals surface area contributed by atoms with Gasteiger partial charge < -0.3 is 19.7 Å². The predicted molar refractivity (Wildman–Crippen MR) is 121 cm³/mol. The summed E-state index contributed by atoms with van der Waals surface area (Å²) in [5.41, 5.74) is 1.67. The number of fused-ring (bicyclic) bond motifs is 3. The zero-order valence-electron chi connectivity index (χ0n) is 18.5. The number of benzene rings is 1. The van der Waals surface area contributed by atoms with Gasteiger partial charge in [0.05, 0.1) is 11.6 Å². The van der Waals surface area contributed by atoms with Crippen LogP contribution in [0.2, 0.25) is 0 Å². The van der Waals surface area contributed by atoms with E-state index >= 15 is 0 Å². The average Bonchev–Trinajstić information content (AvgIpc) is 3.52. The van der Waals surface area contributed by atoms with Crippen LogP contribution in [0.3, 0.4) is 0 Å². The highest BCUT2D eigenvalue weighted by molar-refractivity contribution is 6.06. The van der Waals surface area contributed by atoms with Crippen LogP contribution in [0.15, 0.2) is 41.1 Å². The van der Waals surface area contributed by atoms with E-state index in [4.69, 9.17) is 4.42 Å². The number of hydrogen-bond acceptors (Lipinski definition) is 7. The zero-order chi connectivity index (χ0) is 23.3. The number of hydrogen-bond donors (Lipinski definition) is 3. The van der Waals surface area contributed by atoms with E-state index in [9.17, 15) is 14.7 Å². The number of carboxylic acid groups (broad SMARTS) is 1. The number of amides is 1. The van der Waals surface area contributed by atoms with Crippen molar-refractivity contribution in [3.63, 3.8) is 0 Å². The fraction of sp³-hybridized carbons (Fsp3) is 0.348. The van der Waals surface area contributed by atoms with Gasteiger partial charge in [0.15, 0.2) is 11.4 Å². The number of carboxylic acids is 1. The molecule has 1 saturated heterocycles. The van der Waals surface area contributed by atoms with E-state index in [1.54, 1.807) is 38.1 Å². The maximum absolute atomic E-state index is 13.1. The third kappa shape index (κ3) is 3.47. The molecule has 1 aliphatic rings. The predicted octanol–water partition coefficient (Wildman–Crippen LogP) is 2.53. The summed E-state index contributed by atoms with van der Waals surface area (Å²) >= 11 is 0. The first-order chi connectivity index (χ1) is 15.8. The summed E-state index contributed by atoms with van der Waals surface area (Å²) in [5.74, 6) is -0.247. The first kappa shape index (κ1) is 20.9. The van der Waals surface area contributed by atoms with Gasteiger partial charge in [-0.3, -0.25) is 9.89 Å². The lowest BCUT2D eigenvalue weighted by atomic mass is 9.85. The quantitative estimate of drug-likeness (QED) is 0.424. The molecule has 4 heterocycles. The maximum Gasteiger partial charge on any atom is 0.326 e. The SMILES string of the molecule is Cc1nc(N2CC(NC(=O)C(C)(C)c3cn[nH]c3)CC2C(=O)O)c2oc3ccccc3c2n1. The molecule has 0 saturated carbocycles. The number of carbonyl (C=O) groups is 2. The van der Waals surface area contributed by atoms with Gasteiger partial charge in [-0.25, -0.2) is 14.8 Å². The molecule has 1 amide bonds. The van der Waals surface area contributed by atoms with Crippen molar-refractivity contribution in [1.29, 1.82) is 0 Å². The molecule has 0 spiro atoms. The fourth-order valence-electron chi connectivity index (χ4n) is 4.38. The highest BCUT2D eigenvalue weighted by Gasteiger charge is 2.42. The summed E-state index contributed by atoms with van der Waals surface area (Å²) in [4.78, 5) is 36.0. The van der Waals surface area contributed by atoms with E-state index in [-0.39, 0.29) is 24.9 Å².